The Balaban J connectivity index is 1.17. The smallest absolute Gasteiger partial charge is 0.119 e. The molecule has 34 heavy (non-hydrogen) atoms. The molecular weight excluding hydrogens is 420 g/mol. The van der Waals surface area contributed by atoms with Crippen molar-refractivity contribution >= 4 is 16.6 Å². The van der Waals surface area contributed by atoms with Crippen LogP contribution in [0.1, 0.15) is 30.9 Å². The van der Waals surface area contributed by atoms with Crippen molar-refractivity contribution in [3.8, 4) is 5.75 Å². The maximum Gasteiger partial charge on any atom is 0.119 e. The summed E-state index contributed by atoms with van der Waals surface area (Å²) in [4.78, 5) is 12.5. The Labute approximate surface area is 204 Å². The van der Waals surface area contributed by atoms with Crippen LogP contribution >= 0.6 is 0 Å². The monoisotopic (exact) mass is 458 g/mol. The van der Waals surface area contributed by atoms with Crippen LogP contribution in [0.2, 0.25) is 0 Å². The summed E-state index contributed by atoms with van der Waals surface area (Å²) in [5, 5.41) is 1.27. The molecule has 1 aliphatic carbocycles. The second kappa shape index (κ2) is 10.7. The molecule has 2 aromatic carbocycles. The normalized spacial score (nSPS) is 18.9. The standard InChI is InChI=1S/C29H38N4O/c1-3-14-32(25-10-8-23-9-11-26(34-2)22-24(23)21-25)18-15-31-16-19-33(20-17-31)29-12-13-30-28-7-5-4-6-27(28)29/h4-7,9,11-13,22,25H,3,8,10,14-21H2,1-2H3. The third-order valence-corrected chi connectivity index (χ3v) is 7.69. The van der Waals surface area contributed by atoms with Crippen LogP contribution in [-0.4, -0.2) is 73.7 Å². The van der Waals surface area contributed by atoms with Crippen LogP contribution in [0.4, 0.5) is 5.69 Å². The van der Waals surface area contributed by atoms with E-state index >= 15 is 0 Å². The largest absolute Gasteiger partial charge is 0.497 e. The quantitative estimate of drug-likeness (QED) is 0.491. The molecule has 1 aliphatic heterocycles. The average Bonchev–Trinajstić information content (AvgIpc) is 2.90. The highest BCUT2D eigenvalue weighted by atomic mass is 16.5. The van der Waals surface area contributed by atoms with Gasteiger partial charge in [-0.15, -0.1) is 0 Å². The number of pyridine rings is 1. The maximum absolute atomic E-state index is 5.49. The maximum atomic E-state index is 5.49. The van der Waals surface area contributed by atoms with Crippen molar-refractivity contribution in [3.05, 3.63) is 65.9 Å². The molecule has 5 heteroatoms. The Morgan fingerprint density at radius 1 is 1.00 bits per heavy atom. The van der Waals surface area contributed by atoms with E-state index in [0.29, 0.717) is 6.04 Å². The number of rotatable bonds is 8. The zero-order valence-corrected chi connectivity index (χ0v) is 20.7. The van der Waals surface area contributed by atoms with Gasteiger partial charge in [0, 0.05) is 62.6 Å². The molecule has 3 aromatic rings. The van der Waals surface area contributed by atoms with Crippen LogP contribution in [-0.2, 0) is 12.8 Å². The Morgan fingerprint density at radius 2 is 1.85 bits per heavy atom. The molecule has 180 valence electrons. The Kier molecular flexibility index (Phi) is 7.31. The zero-order valence-electron chi connectivity index (χ0n) is 20.7. The highest BCUT2D eigenvalue weighted by Crippen LogP contribution is 2.29. The van der Waals surface area contributed by atoms with E-state index in [1.54, 1.807) is 7.11 Å². The number of hydrogen-bond donors (Lipinski definition) is 0. The van der Waals surface area contributed by atoms with E-state index in [0.717, 1.165) is 57.0 Å². The Hall–Kier alpha value is -2.63. The van der Waals surface area contributed by atoms with Crippen molar-refractivity contribution in [1.82, 2.24) is 14.8 Å². The lowest BCUT2D eigenvalue weighted by Crippen LogP contribution is -2.50. The number of ether oxygens (including phenoxy) is 1. The van der Waals surface area contributed by atoms with Gasteiger partial charge in [0.2, 0.25) is 0 Å². The van der Waals surface area contributed by atoms with E-state index in [2.05, 4.69) is 75.1 Å². The third-order valence-electron chi connectivity index (χ3n) is 7.69. The molecule has 0 bridgehead atoms. The molecule has 2 aliphatic rings. The van der Waals surface area contributed by atoms with Crippen LogP contribution in [0.25, 0.3) is 10.9 Å². The molecular formula is C29H38N4O. The first kappa shape index (κ1) is 23.1. The SMILES string of the molecule is CCCN(CCN1CCN(c2ccnc3ccccc23)CC1)C1CCc2ccc(OC)cc2C1. The number of anilines is 1. The van der Waals surface area contributed by atoms with Crippen molar-refractivity contribution in [2.75, 3.05) is 57.8 Å². The fraction of sp³-hybridized carbons (Fsp3) is 0.483. The molecule has 0 amide bonds. The second-order valence-corrected chi connectivity index (χ2v) is 9.74. The van der Waals surface area contributed by atoms with E-state index in [1.165, 1.54) is 48.0 Å². The number of hydrogen-bond acceptors (Lipinski definition) is 5. The van der Waals surface area contributed by atoms with E-state index in [9.17, 15) is 0 Å². The zero-order chi connectivity index (χ0) is 23.3. The molecule has 5 nitrogen and oxygen atoms in total. The molecule has 1 fully saturated rings. The molecule has 1 saturated heterocycles. The number of methoxy groups -OCH3 is 1. The summed E-state index contributed by atoms with van der Waals surface area (Å²) in [6, 6.07) is 17.9. The second-order valence-electron chi connectivity index (χ2n) is 9.74. The minimum absolute atomic E-state index is 0.643. The lowest BCUT2D eigenvalue weighted by Gasteiger charge is -2.39. The lowest BCUT2D eigenvalue weighted by molar-refractivity contribution is 0.145. The van der Waals surface area contributed by atoms with Gasteiger partial charge in [-0.3, -0.25) is 14.8 Å². The first-order valence-corrected chi connectivity index (χ1v) is 13.0. The molecule has 0 saturated carbocycles. The minimum atomic E-state index is 0.643. The molecule has 1 unspecified atom stereocenters. The summed E-state index contributed by atoms with van der Waals surface area (Å²) in [6.07, 6.45) is 6.76. The van der Waals surface area contributed by atoms with Gasteiger partial charge < -0.3 is 9.64 Å². The van der Waals surface area contributed by atoms with Gasteiger partial charge in [0.15, 0.2) is 0 Å². The van der Waals surface area contributed by atoms with Crippen molar-refractivity contribution in [3.63, 3.8) is 0 Å². The summed E-state index contributed by atoms with van der Waals surface area (Å²) in [6.45, 7) is 10.2. The van der Waals surface area contributed by atoms with E-state index < -0.39 is 0 Å². The van der Waals surface area contributed by atoms with Crippen LogP contribution in [0.15, 0.2) is 54.7 Å². The number of para-hydroxylation sites is 1. The van der Waals surface area contributed by atoms with Crippen molar-refractivity contribution in [2.45, 2.75) is 38.6 Å². The highest BCUT2D eigenvalue weighted by molar-refractivity contribution is 5.91. The first-order valence-electron chi connectivity index (χ1n) is 13.0. The number of aromatic nitrogens is 1. The fourth-order valence-electron chi connectivity index (χ4n) is 5.76. The molecule has 5 rings (SSSR count). The predicted molar refractivity (Wildman–Crippen MR) is 141 cm³/mol. The van der Waals surface area contributed by atoms with Gasteiger partial charge in [-0.05, 0) is 67.6 Å². The van der Waals surface area contributed by atoms with E-state index in [4.69, 9.17) is 4.74 Å². The third kappa shape index (κ3) is 5.06. The van der Waals surface area contributed by atoms with Gasteiger partial charge in [-0.25, -0.2) is 0 Å². The Morgan fingerprint density at radius 3 is 2.68 bits per heavy atom. The highest BCUT2D eigenvalue weighted by Gasteiger charge is 2.25. The topological polar surface area (TPSA) is 31.8 Å². The van der Waals surface area contributed by atoms with Gasteiger partial charge in [0.05, 0.1) is 12.6 Å². The summed E-state index contributed by atoms with van der Waals surface area (Å²) in [5.41, 5.74) is 5.40. The van der Waals surface area contributed by atoms with Crippen LogP contribution < -0.4 is 9.64 Å². The predicted octanol–water partition coefficient (Wildman–Crippen LogP) is 4.63. The average molecular weight is 459 g/mol. The number of aryl methyl sites for hydroxylation is 1. The Bertz CT molecular complexity index is 1090. The molecule has 0 spiro atoms. The van der Waals surface area contributed by atoms with Crippen molar-refractivity contribution < 1.29 is 4.74 Å². The fourth-order valence-corrected chi connectivity index (χ4v) is 5.76. The van der Waals surface area contributed by atoms with Crippen molar-refractivity contribution in [1.29, 1.82) is 0 Å². The van der Waals surface area contributed by atoms with Crippen LogP contribution in [0.5, 0.6) is 5.75 Å². The van der Waals surface area contributed by atoms with Gasteiger partial charge in [-0.2, -0.15) is 0 Å². The molecule has 1 aromatic heterocycles. The lowest BCUT2D eigenvalue weighted by atomic mass is 9.87. The van der Waals surface area contributed by atoms with Gasteiger partial charge in [-0.1, -0.05) is 31.2 Å². The molecule has 2 heterocycles. The molecule has 0 radical (unpaired) electrons. The van der Waals surface area contributed by atoms with Gasteiger partial charge >= 0.3 is 0 Å². The van der Waals surface area contributed by atoms with Crippen molar-refractivity contribution in [2.24, 2.45) is 0 Å². The van der Waals surface area contributed by atoms with Gasteiger partial charge in [0.25, 0.3) is 0 Å². The summed E-state index contributed by atoms with van der Waals surface area (Å²) in [7, 11) is 1.77. The number of fused-ring (bicyclic) bond motifs is 2. The number of benzene rings is 2. The van der Waals surface area contributed by atoms with Crippen LogP contribution in [0.3, 0.4) is 0 Å². The van der Waals surface area contributed by atoms with E-state index in [1.807, 2.05) is 6.20 Å². The molecule has 0 N–H and O–H groups in total. The summed E-state index contributed by atoms with van der Waals surface area (Å²) in [5.74, 6) is 0.987. The van der Waals surface area contributed by atoms with Gasteiger partial charge in [0.1, 0.15) is 5.75 Å². The summed E-state index contributed by atoms with van der Waals surface area (Å²) >= 11 is 0. The first-order chi connectivity index (χ1) is 16.7. The number of piperazine rings is 1. The van der Waals surface area contributed by atoms with Crippen LogP contribution in [0, 0.1) is 0 Å². The van der Waals surface area contributed by atoms with E-state index in [-0.39, 0.29) is 0 Å². The molecule has 1 atom stereocenters. The number of nitrogens with zero attached hydrogens (tertiary/aromatic N) is 4. The summed E-state index contributed by atoms with van der Waals surface area (Å²) < 4.78 is 5.49. The minimum Gasteiger partial charge on any atom is -0.497 e.